The minimum Gasteiger partial charge on any atom is -0.357 e. The number of nitrogens with one attached hydrogen (secondary N) is 2. The molecule has 130 valence electrons. The Morgan fingerprint density at radius 2 is 2.30 bits per heavy atom. The Labute approximate surface area is 144 Å². The van der Waals surface area contributed by atoms with Crippen molar-refractivity contribution >= 4 is 17.7 Å². The molecule has 0 aromatic carbocycles. The number of rotatable bonds is 7. The van der Waals surface area contributed by atoms with Crippen molar-refractivity contribution in [2.45, 2.75) is 64.3 Å². The molecular formula is C17H31N5S. The van der Waals surface area contributed by atoms with E-state index in [9.17, 15) is 0 Å². The van der Waals surface area contributed by atoms with E-state index in [1.807, 2.05) is 10.9 Å². The highest BCUT2D eigenvalue weighted by atomic mass is 32.2. The van der Waals surface area contributed by atoms with Gasteiger partial charge in [-0.3, -0.25) is 9.67 Å². The molecule has 6 heteroatoms. The standard InChI is InChI=1S/C17H31N5S/c1-4-18-17(19-9-10-22-13-14(3)12-20-22)21-15-7-6-8-16(11-15)23-5-2/h12-13,15-16H,4-11H2,1-3H3,(H2,18,19,21). The van der Waals surface area contributed by atoms with E-state index < -0.39 is 0 Å². The molecule has 1 aliphatic rings. The zero-order chi connectivity index (χ0) is 16.5. The molecule has 1 saturated carbocycles. The Morgan fingerprint density at radius 3 is 3.00 bits per heavy atom. The van der Waals surface area contributed by atoms with Crippen molar-refractivity contribution in [2.24, 2.45) is 4.99 Å². The van der Waals surface area contributed by atoms with Crippen molar-refractivity contribution in [2.75, 3.05) is 18.8 Å². The SMILES string of the molecule is CCNC(=NCCn1cc(C)cn1)NC1CCCC(SCC)C1. The molecule has 0 aliphatic heterocycles. The van der Waals surface area contributed by atoms with Crippen LogP contribution in [0, 0.1) is 6.92 Å². The summed E-state index contributed by atoms with van der Waals surface area (Å²) in [4.78, 5) is 4.71. The van der Waals surface area contributed by atoms with Gasteiger partial charge in [-0.05, 0) is 44.4 Å². The Morgan fingerprint density at radius 1 is 1.43 bits per heavy atom. The van der Waals surface area contributed by atoms with Gasteiger partial charge in [0.2, 0.25) is 0 Å². The van der Waals surface area contributed by atoms with Crippen LogP contribution in [0.4, 0.5) is 0 Å². The number of hydrogen-bond acceptors (Lipinski definition) is 3. The minimum atomic E-state index is 0.553. The molecule has 0 spiro atoms. The van der Waals surface area contributed by atoms with Crippen molar-refractivity contribution in [3.8, 4) is 0 Å². The van der Waals surface area contributed by atoms with Gasteiger partial charge < -0.3 is 10.6 Å². The lowest BCUT2D eigenvalue weighted by Crippen LogP contribution is -2.45. The van der Waals surface area contributed by atoms with Crippen LogP contribution in [-0.2, 0) is 6.54 Å². The maximum atomic E-state index is 4.71. The van der Waals surface area contributed by atoms with E-state index in [2.05, 4.69) is 54.5 Å². The van der Waals surface area contributed by atoms with Gasteiger partial charge in [-0.15, -0.1) is 0 Å². The first-order chi connectivity index (χ1) is 11.2. The summed E-state index contributed by atoms with van der Waals surface area (Å²) < 4.78 is 1.96. The summed E-state index contributed by atoms with van der Waals surface area (Å²) in [6, 6.07) is 0.553. The normalized spacial score (nSPS) is 22.1. The molecule has 1 aromatic rings. The molecule has 0 radical (unpaired) electrons. The summed E-state index contributed by atoms with van der Waals surface area (Å²) in [5, 5.41) is 12.1. The van der Waals surface area contributed by atoms with E-state index in [1.165, 1.54) is 37.0 Å². The molecule has 1 heterocycles. The lowest BCUT2D eigenvalue weighted by molar-refractivity contribution is 0.418. The number of nitrogens with zero attached hydrogens (tertiary/aromatic N) is 3. The topological polar surface area (TPSA) is 54.2 Å². The van der Waals surface area contributed by atoms with E-state index in [4.69, 9.17) is 4.99 Å². The van der Waals surface area contributed by atoms with E-state index in [0.29, 0.717) is 6.04 Å². The third-order valence-corrected chi connectivity index (χ3v) is 5.31. The van der Waals surface area contributed by atoms with Crippen LogP contribution in [0.2, 0.25) is 0 Å². The second kappa shape index (κ2) is 9.85. The first-order valence-corrected chi connectivity index (χ1v) is 9.91. The summed E-state index contributed by atoms with van der Waals surface area (Å²) in [5.41, 5.74) is 1.20. The first-order valence-electron chi connectivity index (χ1n) is 8.86. The molecule has 1 aromatic heterocycles. The zero-order valence-corrected chi connectivity index (χ0v) is 15.5. The molecular weight excluding hydrogens is 306 g/mol. The summed E-state index contributed by atoms with van der Waals surface area (Å²) in [7, 11) is 0. The van der Waals surface area contributed by atoms with Crippen molar-refractivity contribution in [1.29, 1.82) is 0 Å². The Balaban J connectivity index is 1.83. The largest absolute Gasteiger partial charge is 0.357 e. The number of aromatic nitrogens is 2. The van der Waals surface area contributed by atoms with E-state index in [0.717, 1.165) is 30.8 Å². The third-order valence-electron chi connectivity index (χ3n) is 4.07. The van der Waals surface area contributed by atoms with E-state index in [-0.39, 0.29) is 0 Å². The number of thioether (sulfide) groups is 1. The van der Waals surface area contributed by atoms with Gasteiger partial charge in [0.1, 0.15) is 0 Å². The van der Waals surface area contributed by atoms with E-state index >= 15 is 0 Å². The lowest BCUT2D eigenvalue weighted by Gasteiger charge is -2.30. The van der Waals surface area contributed by atoms with Crippen LogP contribution in [0.25, 0.3) is 0 Å². The second-order valence-corrected chi connectivity index (χ2v) is 7.70. The maximum Gasteiger partial charge on any atom is 0.191 e. The Bertz CT molecular complexity index is 483. The molecule has 5 nitrogen and oxygen atoms in total. The fourth-order valence-electron chi connectivity index (χ4n) is 3.03. The van der Waals surface area contributed by atoms with Crippen molar-refractivity contribution in [3.63, 3.8) is 0 Å². The number of hydrogen-bond donors (Lipinski definition) is 2. The van der Waals surface area contributed by atoms with E-state index in [1.54, 1.807) is 0 Å². The quantitative estimate of drug-likeness (QED) is 0.593. The lowest BCUT2D eigenvalue weighted by atomic mass is 9.95. The third kappa shape index (κ3) is 6.45. The Hall–Kier alpha value is -1.17. The molecule has 0 amide bonds. The average molecular weight is 338 g/mol. The molecule has 2 unspecified atom stereocenters. The molecule has 1 aliphatic carbocycles. The zero-order valence-electron chi connectivity index (χ0n) is 14.7. The maximum absolute atomic E-state index is 4.71. The van der Waals surface area contributed by atoms with Gasteiger partial charge in [-0.2, -0.15) is 16.9 Å². The van der Waals surface area contributed by atoms with Gasteiger partial charge >= 0.3 is 0 Å². The predicted molar refractivity (Wildman–Crippen MR) is 100 cm³/mol. The van der Waals surface area contributed by atoms with Gasteiger partial charge in [-0.1, -0.05) is 13.3 Å². The fraction of sp³-hybridized carbons (Fsp3) is 0.765. The summed E-state index contributed by atoms with van der Waals surface area (Å²) in [5.74, 6) is 2.16. The van der Waals surface area contributed by atoms with Crippen LogP contribution in [0.5, 0.6) is 0 Å². The summed E-state index contributed by atoms with van der Waals surface area (Å²) in [6.07, 6.45) is 9.14. The summed E-state index contributed by atoms with van der Waals surface area (Å²) >= 11 is 2.10. The van der Waals surface area contributed by atoms with Crippen LogP contribution in [0.1, 0.15) is 45.1 Å². The van der Waals surface area contributed by atoms with Crippen LogP contribution in [-0.4, -0.2) is 45.9 Å². The van der Waals surface area contributed by atoms with Gasteiger partial charge in [0.05, 0.1) is 19.3 Å². The van der Waals surface area contributed by atoms with Gasteiger partial charge in [0, 0.05) is 24.0 Å². The molecule has 0 saturated heterocycles. The van der Waals surface area contributed by atoms with Crippen molar-refractivity contribution in [1.82, 2.24) is 20.4 Å². The van der Waals surface area contributed by atoms with Crippen LogP contribution in [0.3, 0.4) is 0 Å². The molecule has 2 N–H and O–H groups in total. The van der Waals surface area contributed by atoms with Crippen LogP contribution in [0.15, 0.2) is 17.4 Å². The number of aliphatic imine (C=N–C) groups is 1. The average Bonchev–Trinajstić information content (AvgIpc) is 2.94. The fourth-order valence-corrected chi connectivity index (χ4v) is 4.20. The minimum absolute atomic E-state index is 0.553. The molecule has 2 rings (SSSR count). The molecule has 0 bridgehead atoms. The highest BCUT2D eigenvalue weighted by Gasteiger charge is 2.22. The van der Waals surface area contributed by atoms with Crippen LogP contribution >= 0.6 is 11.8 Å². The smallest absolute Gasteiger partial charge is 0.191 e. The number of guanidine groups is 1. The van der Waals surface area contributed by atoms with Gasteiger partial charge in [0.15, 0.2) is 5.96 Å². The summed E-state index contributed by atoms with van der Waals surface area (Å²) in [6.45, 7) is 8.90. The van der Waals surface area contributed by atoms with Crippen molar-refractivity contribution in [3.05, 3.63) is 18.0 Å². The second-order valence-electron chi connectivity index (χ2n) is 6.13. The van der Waals surface area contributed by atoms with Crippen LogP contribution < -0.4 is 10.6 Å². The molecule has 2 atom stereocenters. The highest BCUT2D eigenvalue weighted by Crippen LogP contribution is 2.28. The molecule has 1 fully saturated rings. The monoisotopic (exact) mass is 337 g/mol. The highest BCUT2D eigenvalue weighted by molar-refractivity contribution is 7.99. The predicted octanol–water partition coefficient (Wildman–Crippen LogP) is 2.81. The molecule has 23 heavy (non-hydrogen) atoms. The van der Waals surface area contributed by atoms with Gasteiger partial charge in [-0.25, -0.2) is 0 Å². The Kier molecular flexibility index (Phi) is 7.79. The first kappa shape index (κ1) is 18.2. The van der Waals surface area contributed by atoms with Gasteiger partial charge in [0.25, 0.3) is 0 Å². The number of aryl methyl sites for hydroxylation is 1. The van der Waals surface area contributed by atoms with Crippen molar-refractivity contribution < 1.29 is 0 Å².